The third-order valence-electron chi connectivity index (χ3n) is 2.64. The van der Waals surface area contributed by atoms with Gasteiger partial charge in [0.2, 0.25) is 0 Å². The first-order valence-electron chi connectivity index (χ1n) is 5.61. The first kappa shape index (κ1) is 16.8. The zero-order chi connectivity index (χ0) is 13.0. The van der Waals surface area contributed by atoms with E-state index in [1.165, 1.54) is 6.07 Å². The van der Waals surface area contributed by atoms with E-state index in [2.05, 4.69) is 13.8 Å². The van der Waals surface area contributed by atoms with Crippen LogP contribution in [0.15, 0.2) is 18.2 Å². The second-order valence-electron chi connectivity index (χ2n) is 4.54. The second kappa shape index (κ2) is 7.28. The Balaban J connectivity index is 0.00000289. The molecule has 0 spiro atoms. The Morgan fingerprint density at radius 1 is 1.39 bits per heavy atom. The number of hydrogen-bond acceptors (Lipinski definition) is 3. The van der Waals surface area contributed by atoms with E-state index in [4.69, 9.17) is 5.73 Å². The van der Waals surface area contributed by atoms with Crippen LogP contribution in [-0.4, -0.2) is 4.92 Å². The summed E-state index contributed by atoms with van der Waals surface area (Å²) in [4.78, 5) is 10.1. The number of benzene rings is 1. The summed E-state index contributed by atoms with van der Waals surface area (Å²) in [7, 11) is 0. The van der Waals surface area contributed by atoms with E-state index in [1.807, 2.05) is 0 Å². The molecule has 102 valence electrons. The van der Waals surface area contributed by atoms with Gasteiger partial charge in [-0.25, -0.2) is 4.39 Å². The van der Waals surface area contributed by atoms with Gasteiger partial charge in [0.1, 0.15) is 5.82 Å². The summed E-state index contributed by atoms with van der Waals surface area (Å²) >= 11 is 0. The van der Waals surface area contributed by atoms with E-state index in [0.717, 1.165) is 18.6 Å². The first-order chi connectivity index (χ1) is 7.91. The van der Waals surface area contributed by atoms with Gasteiger partial charge in [-0.3, -0.25) is 10.1 Å². The molecular weight excluding hydrogens is 259 g/mol. The molecule has 2 N–H and O–H groups in total. The Labute approximate surface area is 112 Å². The van der Waals surface area contributed by atoms with E-state index in [-0.39, 0.29) is 23.7 Å². The molecule has 0 fully saturated rings. The maximum Gasteiger partial charge on any atom is 0.269 e. The predicted octanol–water partition coefficient (Wildman–Crippen LogP) is 3.59. The van der Waals surface area contributed by atoms with Crippen LogP contribution in [0.3, 0.4) is 0 Å². The molecule has 0 heterocycles. The normalized spacial score (nSPS) is 12.1. The molecule has 0 unspecified atom stereocenters. The van der Waals surface area contributed by atoms with Crippen LogP contribution in [0, 0.1) is 21.8 Å². The molecule has 18 heavy (non-hydrogen) atoms. The first-order valence-corrected chi connectivity index (χ1v) is 5.61. The van der Waals surface area contributed by atoms with Crippen molar-refractivity contribution in [2.45, 2.75) is 32.7 Å². The van der Waals surface area contributed by atoms with E-state index in [0.29, 0.717) is 12.3 Å². The fourth-order valence-corrected chi connectivity index (χ4v) is 1.60. The van der Waals surface area contributed by atoms with Gasteiger partial charge in [-0.2, -0.15) is 0 Å². The van der Waals surface area contributed by atoms with Gasteiger partial charge in [0.05, 0.1) is 4.92 Å². The molecule has 0 aliphatic heterocycles. The van der Waals surface area contributed by atoms with Crippen molar-refractivity contribution in [3.05, 3.63) is 39.7 Å². The van der Waals surface area contributed by atoms with Crippen LogP contribution in [-0.2, 0) is 0 Å². The largest absolute Gasteiger partial charge is 0.324 e. The van der Waals surface area contributed by atoms with Crippen molar-refractivity contribution in [1.29, 1.82) is 0 Å². The van der Waals surface area contributed by atoms with E-state index >= 15 is 0 Å². The minimum Gasteiger partial charge on any atom is -0.324 e. The fraction of sp³-hybridized carbons (Fsp3) is 0.500. The molecule has 1 rings (SSSR count). The van der Waals surface area contributed by atoms with Gasteiger partial charge >= 0.3 is 0 Å². The van der Waals surface area contributed by atoms with Crippen molar-refractivity contribution in [3.8, 4) is 0 Å². The molecule has 1 atom stereocenters. The highest BCUT2D eigenvalue weighted by Crippen LogP contribution is 2.25. The lowest BCUT2D eigenvalue weighted by atomic mass is 9.97. The quantitative estimate of drug-likeness (QED) is 0.660. The summed E-state index contributed by atoms with van der Waals surface area (Å²) in [5, 5.41) is 10.6. The number of nitro groups is 1. The van der Waals surface area contributed by atoms with E-state index in [1.54, 1.807) is 0 Å². The molecule has 0 saturated carbocycles. The van der Waals surface area contributed by atoms with E-state index < -0.39 is 16.8 Å². The number of halogens is 2. The van der Waals surface area contributed by atoms with Crippen LogP contribution in [0.2, 0.25) is 0 Å². The number of hydrogen-bond donors (Lipinski definition) is 1. The molecule has 0 saturated heterocycles. The van der Waals surface area contributed by atoms with Crippen LogP contribution in [0.5, 0.6) is 0 Å². The highest BCUT2D eigenvalue weighted by atomic mass is 35.5. The summed E-state index contributed by atoms with van der Waals surface area (Å²) in [6.07, 6.45) is 1.49. The summed E-state index contributed by atoms with van der Waals surface area (Å²) in [5.74, 6) is -0.00494. The maximum atomic E-state index is 13.5. The lowest BCUT2D eigenvalue weighted by molar-refractivity contribution is -0.385. The standard InChI is InChI=1S/C12H17FN2O2.ClH/c1-8(2)3-6-12(14)10-7-9(15(16)17)4-5-11(10)13;/h4-5,7-8,12H,3,6,14H2,1-2H3;1H/t12-;/m0./s1. The molecule has 0 radical (unpaired) electrons. The van der Waals surface area contributed by atoms with Crippen LogP contribution >= 0.6 is 12.4 Å². The van der Waals surface area contributed by atoms with Crippen molar-refractivity contribution in [2.75, 3.05) is 0 Å². The number of rotatable bonds is 5. The van der Waals surface area contributed by atoms with Gasteiger partial charge in [0.25, 0.3) is 5.69 Å². The van der Waals surface area contributed by atoms with Crippen molar-refractivity contribution >= 4 is 18.1 Å². The lowest BCUT2D eigenvalue weighted by Gasteiger charge is -2.14. The van der Waals surface area contributed by atoms with Gasteiger partial charge in [-0.1, -0.05) is 13.8 Å². The van der Waals surface area contributed by atoms with Gasteiger partial charge in [0.15, 0.2) is 0 Å². The van der Waals surface area contributed by atoms with Crippen LogP contribution < -0.4 is 5.73 Å². The van der Waals surface area contributed by atoms with Crippen molar-refractivity contribution in [2.24, 2.45) is 11.7 Å². The zero-order valence-corrected chi connectivity index (χ0v) is 11.2. The molecule has 4 nitrogen and oxygen atoms in total. The molecular formula is C12H18ClFN2O2. The van der Waals surface area contributed by atoms with Gasteiger partial charge in [-0.05, 0) is 24.8 Å². The van der Waals surface area contributed by atoms with Gasteiger partial charge < -0.3 is 5.73 Å². The predicted molar refractivity (Wildman–Crippen MR) is 71.3 cm³/mol. The minimum absolute atomic E-state index is 0. The zero-order valence-electron chi connectivity index (χ0n) is 10.4. The smallest absolute Gasteiger partial charge is 0.269 e. The summed E-state index contributed by atoms with van der Waals surface area (Å²) in [5.41, 5.74) is 5.95. The summed E-state index contributed by atoms with van der Waals surface area (Å²) < 4.78 is 13.5. The second-order valence-corrected chi connectivity index (χ2v) is 4.54. The Morgan fingerprint density at radius 3 is 2.50 bits per heavy atom. The van der Waals surface area contributed by atoms with Gasteiger partial charge in [0, 0.05) is 23.7 Å². The third kappa shape index (κ3) is 4.58. The van der Waals surface area contributed by atoms with Crippen LogP contribution in [0.4, 0.5) is 10.1 Å². The molecule has 0 aliphatic rings. The Kier molecular flexibility index (Phi) is 6.80. The number of nitro benzene ring substituents is 1. The lowest BCUT2D eigenvalue weighted by Crippen LogP contribution is -2.13. The van der Waals surface area contributed by atoms with Crippen molar-refractivity contribution < 1.29 is 9.31 Å². The number of nitrogens with zero attached hydrogens (tertiary/aromatic N) is 1. The SMILES string of the molecule is CC(C)CC[C@H](N)c1cc([N+](=O)[O-])ccc1F.Cl. The van der Waals surface area contributed by atoms with Gasteiger partial charge in [-0.15, -0.1) is 12.4 Å². The Bertz CT molecular complexity index is 413. The highest BCUT2D eigenvalue weighted by Gasteiger charge is 2.16. The Hall–Kier alpha value is -1.20. The fourth-order valence-electron chi connectivity index (χ4n) is 1.60. The molecule has 0 amide bonds. The Morgan fingerprint density at radius 2 is 2.00 bits per heavy atom. The average Bonchev–Trinajstić information content (AvgIpc) is 2.26. The average molecular weight is 277 g/mol. The molecule has 0 bridgehead atoms. The van der Waals surface area contributed by atoms with Crippen molar-refractivity contribution in [3.63, 3.8) is 0 Å². The van der Waals surface area contributed by atoms with Crippen molar-refractivity contribution in [1.82, 2.24) is 0 Å². The minimum atomic E-state index is -0.544. The molecule has 0 aliphatic carbocycles. The van der Waals surface area contributed by atoms with E-state index in [9.17, 15) is 14.5 Å². The molecule has 1 aromatic rings. The maximum absolute atomic E-state index is 13.5. The molecule has 6 heteroatoms. The highest BCUT2D eigenvalue weighted by molar-refractivity contribution is 5.85. The van der Waals surface area contributed by atoms with Crippen LogP contribution in [0.25, 0.3) is 0 Å². The summed E-state index contributed by atoms with van der Waals surface area (Å²) in [6, 6.07) is 2.98. The summed E-state index contributed by atoms with van der Waals surface area (Å²) in [6.45, 7) is 4.10. The van der Waals surface area contributed by atoms with Crippen LogP contribution in [0.1, 0.15) is 38.3 Å². The molecule has 1 aromatic carbocycles. The monoisotopic (exact) mass is 276 g/mol. The molecule has 0 aromatic heterocycles. The topological polar surface area (TPSA) is 69.2 Å². The third-order valence-corrected chi connectivity index (χ3v) is 2.64. The number of non-ortho nitro benzene ring substituents is 1. The number of nitrogens with two attached hydrogens (primary N) is 1.